The van der Waals surface area contributed by atoms with Gasteiger partial charge in [0.15, 0.2) is 0 Å². The Hall–Kier alpha value is -2.99. The number of nitrogens with one attached hydrogen (secondary N) is 1. The number of rotatable bonds is 5. The molecule has 1 heterocycles. The molecule has 0 saturated carbocycles. The van der Waals surface area contributed by atoms with Gasteiger partial charge in [-0.05, 0) is 48.4 Å². The van der Waals surface area contributed by atoms with E-state index in [2.05, 4.69) is 16.9 Å². The fourth-order valence-electron chi connectivity index (χ4n) is 3.25. The largest absolute Gasteiger partial charge is 0.487 e. The highest BCUT2D eigenvalue weighted by Crippen LogP contribution is 2.34. The maximum atomic E-state index is 13.2. The first-order valence-electron chi connectivity index (χ1n) is 9.41. The highest BCUT2D eigenvalue weighted by atomic mass is 35.5. The van der Waals surface area contributed by atoms with Gasteiger partial charge in [0.2, 0.25) is 0 Å². The van der Waals surface area contributed by atoms with E-state index in [9.17, 15) is 13.2 Å². The van der Waals surface area contributed by atoms with Gasteiger partial charge in [-0.1, -0.05) is 42.8 Å². The van der Waals surface area contributed by atoms with E-state index >= 15 is 0 Å². The average molecular weight is 431 g/mol. The summed E-state index contributed by atoms with van der Waals surface area (Å²) in [5.74, 6) is 0.927. The summed E-state index contributed by atoms with van der Waals surface area (Å²) >= 11 is 6.22. The summed E-state index contributed by atoms with van der Waals surface area (Å²) in [5.41, 5.74) is 3.00. The Bertz CT molecular complexity index is 1200. The number of nitrogens with zero attached hydrogens (tertiary/aromatic N) is 1. The topological polar surface area (TPSA) is 37.9 Å². The zero-order valence-electron chi connectivity index (χ0n) is 16.1. The number of halogens is 4. The van der Waals surface area contributed by atoms with E-state index in [1.165, 1.54) is 17.7 Å². The number of benzene rings is 3. The third kappa shape index (κ3) is 4.14. The summed E-state index contributed by atoms with van der Waals surface area (Å²) in [5, 5.41) is 0.313. The maximum absolute atomic E-state index is 13.2. The molecule has 0 saturated heterocycles. The lowest BCUT2D eigenvalue weighted by atomic mass is 10.1. The zero-order valence-corrected chi connectivity index (χ0v) is 16.8. The second-order valence-electron chi connectivity index (χ2n) is 6.88. The Morgan fingerprint density at radius 1 is 1.03 bits per heavy atom. The number of H-pyrrole nitrogens is 1. The quantitative estimate of drug-likeness (QED) is 0.368. The molecule has 7 heteroatoms. The maximum Gasteiger partial charge on any atom is 0.416 e. The fourth-order valence-corrected chi connectivity index (χ4v) is 3.43. The van der Waals surface area contributed by atoms with Crippen molar-refractivity contribution in [3.63, 3.8) is 0 Å². The number of aryl methyl sites for hydroxylation is 1. The van der Waals surface area contributed by atoms with E-state index in [0.29, 0.717) is 16.6 Å². The van der Waals surface area contributed by atoms with Crippen LogP contribution in [0.2, 0.25) is 5.02 Å². The minimum absolute atomic E-state index is 0.0438. The molecular formula is C23H18ClF3N2O. The monoisotopic (exact) mass is 430 g/mol. The van der Waals surface area contributed by atoms with E-state index in [-0.39, 0.29) is 12.2 Å². The number of aromatic nitrogens is 2. The van der Waals surface area contributed by atoms with Crippen molar-refractivity contribution in [3.8, 4) is 17.1 Å². The standard InChI is InChI=1S/C23H18ClF3N2O/c1-2-14-7-10-19-20(11-14)29-22(28-19)15-8-9-18(24)21(12-15)30-13-16-5-3-4-6-17(16)23(25,26)27/h3-12H,2,13H2,1H3,(H,28,29). The first-order valence-corrected chi connectivity index (χ1v) is 9.79. The van der Waals surface area contributed by atoms with Gasteiger partial charge >= 0.3 is 6.18 Å². The summed E-state index contributed by atoms with van der Waals surface area (Å²) in [6.07, 6.45) is -3.53. The molecule has 4 aromatic rings. The molecule has 0 atom stereocenters. The number of fused-ring (bicyclic) bond motifs is 1. The third-order valence-electron chi connectivity index (χ3n) is 4.87. The van der Waals surface area contributed by atoms with Crippen LogP contribution in [-0.4, -0.2) is 9.97 Å². The van der Waals surface area contributed by atoms with E-state index in [0.717, 1.165) is 29.1 Å². The highest BCUT2D eigenvalue weighted by Gasteiger charge is 2.33. The first-order chi connectivity index (χ1) is 14.3. The summed E-state index contributed by atoms with van der Waals surface area (Å²) in [4.78, 5) is 7.87. The molecule has 1 aromatic heterocycles. The molecule has 0 amide bonds. The van der Waals surface area contributed by atoms with Crippen LogP contribution < -0.4 is 4.74 Å². The molecule has 30 heavy (non-hydrogen) atoms. The number of imidazole rings is 1. The number of ether oxygens (including phenoxy) is 1. The van der Waals surface area contributed by atoms with E-state index in [1.807, 2.05) is 18.2 Å². The van der Waals surface area contributed by atoms with Crippen LogP contribution >= 0.6 is 11.6 Å². The predicted octanol–water partition coefficient (Wildman–Crippen LogP) is 7.04. The van der Waals surface area contributed by atoms with Crippen LogP contribution in [0.25, 0.3) is 22.4 Å². The molecule has 4 rings (SSSR count). The van der Waals surface area contributed by atoms with Gasteiger partial charge in [-0.15, -0.1) is 0 Å². The number of aromatic amines is 1. The molecule has 0 bridgehead atoms. The van der Waals surface area contributed by atoms with Gasteiger partial charge < -0.3 is 9.72 Å². The third-order valence-corrected chi connectivity index (χ3v) is 5.18. The molecule has 0 radical (unpaired) electrons. The van der Waals surface area contributed by atoms with E-state index in [4.69, 9.17) is 16.3 Å². The van der Waals surface area contributed by atoms with Crippen LogP contribution in [0.1, 0.15) is 23.6 Å². The molecule has 3 nitrogen and oxygen atoms in total. The van der Waals surface area contributed by atoms with Crippen molar-refractivity contribution in [3.05, 3.63) is 82.4 Å². The number of hydrogen-bond donors (Lipinski definition) is 1. The molecular weight excluding hydrogens is 413 g/mol. The SMILES string of the molecule is CCc1ccc2nc(-c3ccc(Cl)c(OCc4ccccc4C(F)(F)F)c3)[nH]c2c1. The molecule has 0 fully saturated rings. The van der Waals surface area contributed by atoms with Gasteiger partial charge in [0.1, 0.15) is 18.2 Å². The fraction of sp³-hybridized carbons (Fsp3) is 0.174. The lowest BCUT2D eigenvalue weighted by Crippen LogP contribution is -2.10. The Labute approximate surface area is 176 Å². The first kappa shape index (κ1) is 20.3. The van der Waals surface area contributed by atoms with Gasteiger partial charge in [0, 0.05) is 11.1 Å². The van der Waals surface area contributed by atoms with Crippen molar-refractivity contribution in [2.24, 2.45) is 0 Å². The Kier molecular flexibility index (Phi) is 5.43. The average Bonchev–Trinajstić information content (AvgIpc) is 3.16. The smallest absolute Gasteiger partial charge is 0.416 e. The zero-order chi connectivity index (χ0) is 21.3. The number of hydrogen-bond acceptors (Lipinski definition) is 2. The van der Waals surface area contributed by atoms with Gasteiger partial charge in [-0.25, -0.2) is 4.98 Å². The van der Waals surface area contributed by atoms with Gasteiger partial charge in [-0.3, -0.25) is 0 Å². The summed E-state index contributed by atoms with van der Waals surface area (Å²) in [7, 11) is 0. The lowest BCUT2D eigenvalue weighted by Gasteiger charge is -2.14. The molecule has 0 aliphatic rings. The van der Waals surface area contributed by atoms with Crippen molar-refractivity contribution >= 4 is 22.6 Å². The molecule has 1 N–H and O–H groups in total. The summed E-state index contributed by atoms with van der Waals surface area (Å²) < 4.78 is 45.3. The van der Waals surface area contributed by atoms with Crippen LogP contribution in [0.4, 0.5) is 13.2 Å². The molecule has 0 unspecified atom stereocenters. The predicted molar refractivity (Wildman–Crippen MR) is 112 cm³/mol. The normalized spacial score (nSPS) is 11.8. The highest BCUT2D eigenvalue weighted by molar-refractivity contribution is 6.32. The van der Waals surface area contributed by atoms with Gasteiger partial charge in [-0.2, -0.15) is 13.2 Å². The molecule has 3 aromatic carbocycles. The van der Waals surface area contributed by atoms with E-state index < -0.39 is 11.7 Å². The Balaban J connectivity index is 1.62. The van der Waals surface area contributed by atoms with Crippen LogP contribution in [0.5, 0.6) is 5.75 Å². The number of alkyl halides is 3. The van der Waals surface area contributed by atoms with Crippen LogP contribution in [0.3, 0.4) is 0 Å². The van der Waals surface area contributed by atoms with Crippen molar-refractivity contribution in [1.29, 1.82) is 0 Å². The van der Waals surface area contributed by atoms with Crippen molar-refractivity contribution in [2.45, 2.75) is 26.1 Å². The lowest BCUT2D eigenvalue weighted by molar-refractivity contribution is -0.138. The molecule has 0 aliphatic carbocycles. The van der Waals surface area contributed by atoms with Crippen LogP contribution in [0, 0.1) is 0 Å². The van der Waals surface area contributed by atoms with Crippen molar-refractivity contribution in [1.82, 2.24) is 9.97 Å². The van der Waals surface area contributed by atoms with Crippen LogP contribution in [-0.2, 0) is 19.2 Å². The summed E-state index contributed by atoms with van der Waals surface area (Å²) in [6.45, 7) is 1.83. The second kappa shape index (κ2) is 8.03. The molecule has 0 aliphatic heterocycles. The van der Waals surface area contributed by atoms with Crippen molar-refractivity contribution < 1.29 is 17.9 Å². The minimum Gasteiger partial charge on any atom is -0.487 e. The van der Waals surface area contributed by atoms with E-state index in [1.54, 1.807) is 24.3 Å². The van der Waals surface area contributed by atoms with Crippen LogP contribution in [0.15, 0.2) is 60.7 Å². The molecule has 0 spiro atoms. The minimum atomic E-state index is -4.45. The Morgan fingerprint density at radius 3 is 2.60 bits per heavy atom. The summed E-state index contributed by atoms with van der Waals surface area (Å²) in [6, 6.07) is 16.5. The van der Waals surface area contributed by atoms with Gasteiger partial charge in [0.05, 0.1) is 21.6 Å². The van der Waals surface area contributed by atoms with Crippen molar-refractivity contribution in [2.75, 3.05) is 0 Å². The molecule has 154 valence electrons. The van der Waals surface area contributed by atoms with Gasteiger partial charge in [0.25, 0.3) is 0 Å². The second-order valence-corrected chi connectivity index (χ2v) is 7.29. The Morgan fingerprint density at radius 2 is 1.83 bits per heavy atom.